The number of allylic oxidation sites excluding steroid dienone is 1. The first-order chi connectivity index (χ1) is 25.7. The average Bonchev–Trinajstić information content (AvgIpc) is 3.77. The number of nitrogens with zero attached hydrogens (tertiary/aromatic N) is 1. The summed E-state index contributed by atoms with van der Waals surface area (Å²) in [5.41, 5.74) is 13.2. The first kappa shape index (κ1) is 31.2. The summed E-state index contributed by atoms with van der Waals surface area (Å²) in [6, 6.07) is 57.5. The lowest BCUT2D eigenvalue weighted by molar-refractivity contribution is 0.603. The molecule has 0 fully saturated rings. The van der Waals surface area contributed by atoms with Gasteiger partial charge >= 0.3 is 0 Å². The highest BCUT2D eigenvalue weighted by Crippen LogP contribution is 2.49. The van der Waals surface area contributed by atoms with E-state index >= 15 is 0 Å². The van der Waals surface area contributed by atoms with Crippen molar-refractivity contribution in [3.8, 4) is 33.4 Å². The number of anilines is 3. The molecule has 0 saturated heterocycles. The molecule has 0 aliphatic rings. The molecule has 2 heterocycles. The Bertz CT molecular complexity index is 2730. The number of furan rings is 2. The second kappa shape index (κ2) is 13.1. The molecular weight excluding hydrogens is 635 g/mol. The van der Waals surface area contributed by atoms with E-state index in [1.54, 1.807) is 6.08 Å². The van der Waals surface area contributed by atoms with Crippen LogP contribution in [0.15, 0.2) is 185 Å². The molecule has 0 unspecified atom stereocenters. The van der Waals surface area contributed by atoms with Crippen molar-refractivity contribution in [2.24, 2.45) is 0 Å². The molecule has 0 bridgehead atoms. The maximum atomic E-state index is 6.82. The monoisotopic (exact) mass is 669 g/mol. The third-order valence-corrected chi connectivity index (χ3v) is 9.79. The first-order valence-corrected chi connectivity index (χ1v) is 17.6. The number of benzene rings is 7. The number of rotatable bonds is 8. The minimum Gasteiger partial charge on any atom is -0.456 e. The molecule has 0 saturated carbocycles. The molecule has 0 amide bonds. The summed E-state index contributed by atoms with van der Waals surface area (Å²) in [6.45, 7) is 6.17. The fourth-order valence-corrected chi connectivity index (χ4v) is 7.38. The minimum atomic E-state index is 0.720. The Kier molecular flexibility index (Phi) is 7.87. The van der Waals surface area contributed by atoms with Gasteiger partial charge in [-0.2, -0.15) is 0 Å². The van der Waals surface area contributed by atoms with Crippen LogP contribution in [0.1, 0.15) is 18.2 Å². The van der Waals surface area contributed by atoms with Gasteiger partial charge in [0.05, 0.1) is 11.4 Å². The van der Waals surface area contributed by atoms with Gasteiger partial charge in [0.25, 0.3) is 0 Å². The topological polar surface area (TPSA) is 29.5 Å². The second-order valence-electron chi connectivity index (χ2n) is 12.9. The van der Waals surface area contributed by atoms with Crippen molar-refractivity contribution >= 4 is 62.1 Å². The fraction of sp³-hybridized carbons (Fsp3) is 0.0204. The number of para-hydroxylation sites is 2. The van der Waals surface area contributed by atoms with Crippen LogP contribution in [-0.4, -0.2) is 0 Å². The Morgan fingerprint density at radius 3 is 1.77 bits per heavy atom. The quantitative estimate of drug-likeness (QED) is 0.161. The van der Waals surface area contributed by atoms with Crippen molar-refractivity contribution in [2.75, 3.05) is 4.90 Å². The highest BCUT2D eigenvalue weighted by atomic mass is 16.3. The molecule has 9 rings (SSSR count). The van der Waals surface area contributed by atoms with Gasteiger partial charge in [-0.3, -0.25) is 0 Å². The molecule has 0 atom stereocenters. The van der Waals surface area contributed by atoms with E-state index < -0.39 is 0 Å². The summed E-state index contributed by atoms with van der Waals surface area (Å²) < 4.78 is 13.4. The van der Waals surface area contributed by atoms with E-state index in [0.717, 1.165) is 83.5 Å². The van der Waals surface area contributed by atoms with Crippen molar-refractivity contribution in [1.82, 2.24) is 0 Å². The van der Waals surface area contributed by atoms with E-state index in [0.29, 0.717) is 0 Å². The van der Waals surface area contributed by atoms with Crippen LogP contribution in [0.4, 0.5) is 17.1 Å². The molecule has 3 nitrogen and oxygen atoms in total. The highest BCUT2D eigenvalue weighted by molar-refractivity contribution is 6.24. The van der Waals surface area contributed by atoms with Crippen molar-refractivity contribution in [3.05, 3.63) is 188 Å². The largest absolute Gasteiger partial charge is 0.456 e. The molecule has 2 aromatic heterocycles. The Morgan fingerprint density at radius 1 is 0.519 bits per heavy atom. The van der Waals surface area contributed by atoms with Gasteiger partial charge in [0.1, 0.15) is 16.9 Å². The number of fused-ring (bicyclic) bond motifs is 5. The molecule has 7 aromatic carbocycles. The minimum absolute atomic E-state index is 0.720. The van der Waals surface area contributed by atoms with Crippen LogP contribution in [0.5, 0.6) is 0 Å². The van der Waals surface area contributed by atoms with Crippen molar-refractivity contribution in [1.29, 1.82) is 0 Å². The molecule has 0 N–H and O–H groups in total. The van der Waals surface area contributed by atoms with Gasteiger partial charge in [-0.15, -0.1) is 0 Å². The smallest absolute Gasteiger partial charge is 0.160 e. The molecule has 3 heteroatoms. The molecule has 52 heavy (non-hydrogen) atoms. The second-order valence-corrected chi connectivity index (χ2v) is 12.9. The normalized spacial score (nSPS) is 11.6. The van der Waals surface area contributed by atoms with E-state index in [1.165, 1.54) is 11.1 Å². The maximum Gasteiger partial charge on any atom is 0.160 e. The Hall–Kier alpha value is -6.84. The molecule has 9 aromatic rings. The van der Waals surface area contributed by atoms with E-state index in [2.05, 4.69) is 163 Å². The van der Waals surface area contributed by atoms with Crippen LogP contribution in [0.2, 0.25) is 0 Å². The van der Waals surface area contributed by atoms with Crippen LogP contribution in [0.3, 0.4) is 0 Å². The zero-order valence-electron chi connectivity index (χ0n) is 28.8. The van der Waals surface area contributed by atoms with Crippen LogP contribution in [0.25, 0.3) is 78.4 Å². The molecule has 0 radical (unpaired) electrons. The number of hydrogen-bond acceptors (Lipinski definition) is 3. The zero-order chi connectivity index (χ0) is 35.0. The summed E-state index contributed by atoms with van der Waals surface area (Å²) >= 11 is 0. The van der Waals surface area contributed by atoms with Gasteiger partial charge in [-0.25, -0.2) is 0 Å². The van der Waals surface area contributed by atoms with E-state index in [1.807, 2.05) is 31.2 Å². The lowest BCUT2D eigenvalue weighted by Gasteiger charge is -2.28. The zero-order valence-corrected chi connectivity index (χ0v) is 28.8. The molecule has 0 spiro atoms. The summed E-state index contributed by atoms with van der Waals surface area (Å²) in [7, 11) is 0. The van der Waals surface area contributed by atoms with Crippen molar-refractivity contribution in [3.63, 3.8) is 0 Å². The number of hydrogen-bond donors (Lipinski definition) is 0. The SMILES string of the molecule is C=Cc1oc2c(N(c3ccc(-c4ccc(-c5ccccc5)cc4)cc3)c3ccccc3-c3ccccc3)cc3oc4ccccc4c3c2c1/C=C\C. The molecule has 248 valence electrons. The van der Waals surface area contributed by atoms with Crippen LogP contribution < -0.4 is 4.90 Å². The maximum absolute atomic E-state index is 6.82. The van der Waals surface area contributed by atoms with Gasteiger partial charge in [0.2, 0.25) is 0 Å². The Balaban J connectivity index is 1.28. The van der Waals surface area contributed by atoms with E-state index in [4.69, 9.17) is 8.83 Å². The first-order valence-electron chi connectivity index (χ1n) is 17.6. The van der Waals surface area contributed by atoms with E-state index in [9.17, 15) is 0 Å². The van der Waals surface area contributed by atoms with Gasteiger partial charge in [0.15, 0.2) is 5.58 Å². The molecular formula is C49H35NO2. The highest BCUT2D eigenvalue weighted by Gasteiger charge is 2.27. The summed E-state index contributed by atoms with van der Waals surface area (Å²) in [5, 5.41) is 3.09. The van der Waals surface area contributed by atoms with E-state index in [-0.39, 0.29) is 0 Å². The average molecular weight is 670 g/mol. The van der Waals surface area contributed by atoms with Gasteiger partial charge < -0.3 is 13.7 Å². The predicted octanol–water partition coefficient (Wildman–Crippen LogP) is 14.5. The van der Waals surface area contributed by atoms with Crippen LogP contribution >= 0.6 is 0 Å². The lowest BCUT2D eigenvalue weighted by atomic mass is 9.98. The Labute approximate surface area is 303 Å². The van der Waals surface area contributed by atoms with Crippen LogP contribution in [-0.2, 0) is 0 Å². The Morgan fingerprint density at radius 2 is 1.10 bits per heavy atom. The summed E-state index contributed by atoms with van der Waals surface area (Å²) in [5.74, 6) is 0.720. The van der Waals surface area contributed by atoms with Gasteiger partial charge in [-0.1, -0.05) is 152 Å². The predicted molar refractivity (Wildman–Crippen MR) is 219 cm³/mol. The summed E-state index contributed by atoms with van der Waals surface area (Å²) in [6.07, 6.45) is 5.95. The third-order valence-electron chi connectivity index (χ3n) is 9.79. The fourth-order valence-electron chi connectivity index (χ4n) is 7.38. The van der Waals surface area contributed by atoms with Crippen molar-refractivity contribution in [2.45, 2.75) is 6.92 Å². The lowest BCUT2D eigenvalue weighted by Crippen LogP contribution is -2.11. The third kappa shape index (κ3) is 5.31. The molecule has 0 aliphatic heterocycles. The van der Waals surface area contributed by atoms with Gasteiger partial charge in [-0.05, 0) is 65.1 Å². The van der Waals surface area contributed by atoms with Crippen LogP contribution in [0, 0.1) is 0 Å². The molecule has 0 aliphatic carbocycles. The summed E-state index contributed by atoms with van der Waals surface area (Å²) in [4.78, 5) is 2.30. The van der Waals surface area contributed by atoms with Gasteiger partial charge in [0, 0.05) is 39.0 Å². The standard InChI is InChI=1S/C49H35NO2/c1-3-15-40-44(4-2)52-49-43(32-46-47(48(40)49)41-21-12-14-23-45(41)51-46)50(42-22-13-11-20-39(42)37-18-9-6-10-19-37)38-30-28-36(29-31-38)35-26-24-34(25-27-35)33-16-7-5-8-17-33/h3-32H,2H2,1H3/b15-3-. The van der Waals surface area contributed by atoms with Crippen molar-refractivity contribution < 1.29 is 8.83 Å².